The molecule has 1 unspecified atom stereocenters. The van der Waals surface area contributed by atoms with E-state index < -0.39 is 0 Å². The van der Waals surface area contributed by atoms with Crippen molar-refractivity contribution in [3.63, 3.8) is 0 Å². The molecular formula is C14H23NO3. The number of ether oxygens (including phenoxy) is 2. The van der Waals surface area contributed by atoms with Gasteiger partial charge in [0, 0.05) is 19.7 Å². The molecule has 1 rings (SSSR count). The monoisotopic (exact) mass is 253 g/mol. The molecule has 0 saturated heterocycles. The summed E-state index contributed by atoms with van der Waals surface area (Å²) in [5.74, 6) is 0.732. The predicted octanol–water partition coefficient (Wildman–Crippen LogP) is 2.26. The first-order chi connectivity index (χ1) is 8.58. The van der Waals surface area contributed by atoms with Gasteiger partial charge in [0.1, 0.15) is 0 Å². The lowest BCUT2D eigenvalue weighted by molar-refractivity contribution is 0.112. The number of hydrogen-bond acceptors (Lipinski definition) is 4. The molecule has 0 aromatic heterocycles. The van der Waals surface area contributed by atoms with Crippen LogP contribution in [0.5, 0.6) is 11.5 Å². The maximum Gasteiger partial charge on any atom is 0.161 e. The summed E-state index contributed by atoms with van der Waals surface area (Å²) in [5, 5.41) is 9.63. The maximum atomic E-state index is 9.63. The first kappa shape index (κ1) is 14.8. The minimum Gasteiger partial charge on any atom is -0.504 e. The summed E-state index contributed by atoms with van der Waals surface area (Å²) in [6.07, 6.45) is 0. The number of likely N-dealkylation sites (N-methyl/N-ethyl adjacent to an activating group) is 1. The highest BCUT2D eigenvalue weighted by molar-refractivity contribution is 5.41. The van der Waals surface area contributed by atoms with Gasteiger partial charge in [-0.25, -0.2) is 0 Å². The number of hydrogen-bond donors (Lipinski definition) is 1. The molecule has 1 aromatic rings. The van der Waals surface area contributed by atoms with Gasteiger partial charge in [0.25, 0.3) is 0 Å². The molecule has 0 saturated carbocycles. The average Bonchev–Trinajstić information content (AvgIpc) is 2.34. The third-order valence-electron chi connectivity index (χ3n) is 2.92. The van der Waals surface area contributed by atoms with Gasteiger partial charge < -0.3 is 14.6 Å². The second kappa shape index (κ2) is 7.24. The van der Waals surface area contributed by atoms with Crippen molar-refractivity contribution < 1.29 is 14.6 Å². The zero-order valence-corrected chi connectivity index (χ0v) is 11.6. The largest absolute Gasteiger partial charge is 0.504 e. The Morgan fingerprint density at radius 3 is 2.72 bits per heavy atom. The van der Waals surface area contributed by atoms with Crippen molar-refractivity contribution in [3.8, 4) is 11.5 Å². The third-order valence-corrected chi connectivity index (χ3v) is 2.92. The minimum absolute atomic E-state index is 0.188. The van der Waals surface area contributed by atoms with E-state index in [0.29, 0.717) is 25.0 Å². The smallest absolute Gasteiger partial charge is 0.161 e. The molecule has 0 aliphatic carbocycles. The first-order valence-corrected chi connectivity index (χ1v) is 6.22. The first-order valence-electron chi connectivity index (χ1n) is 6.22. The van der Waals surface area contributed by atoms with Crippen LogP contribution in [-0.4, -0.2) is 43.4 Å². The molecule has 0 bridgehead atoms. The van der Waals surface area contributed by atoms with Crippen LogP contribution in [0.3, 0.4) is 0 Å². The van der Waals surface area contributed by atoms with Crippen molar-refractivity contribution in [1.82, 2.24) is 4.90 Å². The summed E-state index contributed by atoms with van der Waals surface area (Å²) in [4.78, 5) is 2.20. The zero-order valence-electron chi connectivity index (χ0n) is 11.6. The number of rotatable bonds is 7. The Kier molecular flexibility index (Phi) is 5.95. The van der Waals surface area contributed by atoms with Crippen LogP contribution in [0.15, 0.2) is 18.2 Å². The Morgan fingerprint density at radius 2 is 2.11 bits per heavy atom. The predicted molar refractivity (Wildman–Crippen MR) is 72.1 cm³/mol. The van der Waals surface area contributed by atoms with E-state index in [2.05, 4.69) is 18.9 Å². The topological polar surface area (TPSA) is 41.9 Å². The van der Waals surface area contributed by atoms with E-state index in [9.17, 15) is 5.11 Å². The van der Waals surface area contributed by atoms with Gasteiger partial charge in [-0.1, -0.05) is 6.07 Å². The fourth-order valence-corrected chi connectivity index (χ4v) is 1.74. The third kappa shape index (κ3) is 4.20. The fourth-order valence-electron chi connectivity index (χ4n) is 1.74. The van der Waals surface area contributed by atoms with Crippen molar-refractivity contribution in [1.29, 1.82) is 0 Å². The van der Waals surface area contributed by atoms with Crippen LogP contribution in [0.2, 0.25) is 0 Å². The molecule has 4 nitrogen and oxygen atoms in total. The number of benzene rings is 1. The van der Waals surface area contributed by atoms with Crippen LogP contribution >= 0.6 is 0 Å². The highest BCUT2D eigenvalue weighted by Gasteiger charge is 2.10. The molecule has 0 aliphatic heterocycles. The average molecular weight is 253 g/mol. The van der Waals surface area contributed by atoms with E-state index in [-0.39, 0.29) is 5.75 Å². The Bertz CT molecular complexity index is 368. The van der Waals surface area contributed by atoms with E-state index in [1.165, 1.54) is 0 Å². The van der Waals surface area contributed by atoms with Gasteiger partial charge in [0.2, 0.25) is 0 Å². The Morgan fingerprint density at radius 1 is 1.39 bits per heavy atom. The van der Waals surface area contributed by atoms with E-state index in [0.717, 1.165) is 12.1 Å². The molecule has 0 fully saturated rings. The molecule has 102 valence electrons. The van der Waals surface area contributed by atoms with Crippen molar-refractivity contribution >= 4 is 0 Å². The van der Waals surface area contributed by atoms with E-state index in [1.54, 1.807) is 13.2 Å². The van der Waals surface area contributed by atoms with Gasteiger partial charge in [0.15, 0.2) is 11.5 Å². The number of phenolic OH excluding ortho intramolecular Hbond substituents is 1. The molecular weight excluding hydrogens is 230 g/mol. The normalized spacial score (nSPS) is 12.7. The van der Waals surface area contributed by atoms with Crippen LogP contribution in [0.4, 0.5) is 0 Å². The van der Waals surface area contributed by atoms with E-state index in [1.807, 2.05) is 19.1 Å². The number of aromatic hydroxyl groups is 1. The van der Waals surface area contributed by atoms with Crippen LogP contribution in [-0.2, 0) is 11.3 Å². The molecule has 18 heavy (non-hydrogen) atoms. The molecule has 0 amide bonds. The molecule has 0 radical (unpaired) electrons. The molecule has 0 aliphatic rings. The number of phenols is 1. The van der Waals surface area contributed by atoms with Crippen LogP contribution in [0.1, 0.15) is 19.4 Å². The van der Waals surface area contributed by atoms with Crippen molar-refractivity contribution in [2.75, 3.05) is 27.4 Å². The lowest BCUT2D eigenvalue weighted by Gasteiger charge is -2.24. The standard InChI is InChI=1S/C14H23NO3/c1-5-18-14-8-12(6-7-13(14)16)9-15(3)11(2)10-17-4/h6-8,11,16H,5,9-10H2,1-4H3. The lowest BCUT2D eigenvalue weighted by Crippen LogP contribution is -2.32. The molecule has 0 heterocycles. The summed E-state index contributed by atoms with van der Waals surface area (Å²) >= 11 is 0. The van der Waals surface area contributed by atoms with Crippen LogP contribution in [0, 0.1) is 0 Å². The Hall–Kier alpha value is -1.26. The van der Waals surface area contributed by atoms with Gasteiger partial charge in [-0.2, -0.15) is 0 Å². The van der Waals surface area contributed by atoms with Crippen molar-refractivity contribution in [3.05, 3.63) is 23.8 Å². The lowest BCUT2D eigenvalue weighted by atomic mass is 10.1. The van der Waals surface area contributed by atoms with Gasteiger partial charge in [-0.3, -0.25) is 4.90 Å². The van der Waals surface area contributed by atoms with Gasteiger partial charge in [-0.05, 0) is 38.6 Å². The quantitative estimate of drug-likeness (QED) is 0.809. The van der Waals surface area contributed by atoms with E-state index in [4.69, 9.17) is 9.47 Å². The van der Waals surface area contributed by atoms with Crippen LogP contribution in [0.25, 0.3) is 0 Å². The fraction of sp³-hybridized carbons (Fsp3) is 0.571. The second-order valence-electron chi connectivity index (χ2n) is 4.45. The van der Waals surface area contributed by atoms with E-state index >= 15 is 0 Å². The summed E-state index contributed by atoms with van der Waals surface area (Å²) in [5.41, 5.74) is 1.11. The molecule has 4 heteroatoms. The minimum atomic E-state index is 0.188. The second-order valence-corrected chi connectivity index (χ2v) is 4.45. The summed E-state index contributed by atoms with van der Waals surface area (Å²) < 4.78 is 10.5. The summed E-state index contributed by atoms with van der Waals surface area (Å²) in [6.45, 7) is 6.07. The van der Waals surface area contributed by atoms with Gasteiger partial charge >= 0.3 is 0 Å². The number of methoxy groups -OCH3 is 1. The van der Waals surface area contributed by atoms with Gasteiger partial charge in [0.05, 0.1) is 13.2 Å². The highest BCUT2D eigenvalue weighted by Crippen LogP contribution is 2.27. The van der Waals surface area contributed by atoms with Crippen molar-refractivity contribution in [2.45, 2.75) is 26.4 Å². The number of nitrogens with zero attached hydrogens (tertiary/aromatic N) is 1. The molecule has 1 atom stereocenters. The zero-order chi connectivity index (χ0) is 13.5. The summed E-state index contributed by atoms with van der Waals surface area (Å²) in [7, 11) is 3.76. The molecule has 1 aromatic carbocycles. The van der Waals surface area contributed by atoms with Crippen LogP contribution < -0.4 is 4.74 Å². The molecule has 0 spiro atoms. The highest BCUT2D eigenvalue weighted by atomic mass is 16.5. The Balaban J connectivity index is 2.69. The van der Waals surface area contributed by atoms with Crippen molar-refractivity contribution in [2.24, 2.45) is 0 Å². The molecule has 1 N–H and O–H groups in total. The SMILES string of the molecule is CCOc1cc(CN(C)C(C)COC)ccc1O. The summed E-state index contributed by atoms with van der Waals surface area (Å²) in [6, 6.07) is 5.82. The Labute approximate surface area is 109 Å². The maximum absolute atomic E-state index is 9.63. The van der Waals surface area contributed by atoms with Gasteiger partial charge in [-0.15, -0.1) is 0 Å².